The first-order chi connectivity index (χ1) is 5.36. The van der Waals surface area contributed by atoms with E-state index < -0.39 is 0 Å². The summed E-state index contributed by atoms with van der Waals surface area (Å²) in [5.74, 6) is 0. The van der Waals surface area contributed by atoms with Crippen LogP contribution >= 0.6 is 0 Å². The van der Waals surface area contributed by atoms with Crippen LogP contribution in [0.4, 0.5) is 5.69 Å². The Labute approximate surface area is 67.1 Å². The molecule has 60 valence electrons. The van der Waals surface area contributed by atoms with Gasteiger partial charge < -0.3 is 0 Å². The maximum absolute atomic E-state index is 4.78. The van der Waals surface area contributed by atoms with E-state index in [1.54, 1.807) is 7.11 Å². The monoisotopic (exact) mass is 151 g/mol. The SMILES string of the molecule is CCc1cccc(NOC)c1. The molecule has 0 bridgehead atoms. The normalized spacial score (nSPS) is 9.64. The largest absolute Gasteiger partial charge is 0.279 e. The Morgan fingerprint density at radius 2 is 2.27 bits per heavy atom. The van der Waals surface area contributed by atoms with Crippen LogP contribution in [0.3, 0.4) is 0 Å². The molecule has 2 nitrogen and oxygen atoms in total. The van der Waals surface area contributed by atoms with Crippen molar-refractivity contribution < 1.29 is 4.84 Å². The quantitative estimate of drug-likeness (QED) is 0.669. The van der Waals surface area contributed by atoms with E-state index in [-0.39, 0.29) is 0 Å². The molecule has 0 saturated carbocycles. The Kier molecular flexibility index (Phi) is 2.93. The van der Waals surface area contributed by atoms with Crippen molar-refractivity contribution in [2.24, 2.45) is 0 Å². The zero-order chi connectivity index (χ0) is 8.10. The highest BCUT2D eigenvalue weighted by atomic mass is 16.6. The van der Waals surface area contributed by atoms with Crippen LogP contribution in [0, 0.1) is 0 Å². The van der Waals surface area contributed by atoms with E-state index in [9.17, 15) is 0 Å². The van der Waals surface area contributed by atoms with E-state index in [0.717, 1.165) is 12.1 Å². The highest BCUT2D eigenvalue weighted by molar-refractivity contribution is 5.43. The van der Waals surface area contributed by atoms with E-state index in [2.05, 4.69) is 24.5 Å². The molecule has 1 aromatic rings. The lowest BCUT2D eigenvalue weighted by atomic mass is 10.1. The van der Waals surface area contributed by atoms with Crippen LogP contribution < -0.4 is 5.48 Å². The van der Waals surface area contributed by atoms with Gasteiger partial charge in [0, 0.05) is 0 Å². The molecule has 0 atom stereocenters. The number of anilines is 1. The Morgan fingerprint density at radius 1 is 1.45 bits per heavy atom. The predicted molar refractivity (Wildman–Crippen MR) is 46.5 cm³/mol. The average molecular weight is 151 g/mol. The van der Waals surface area contributed by atoms with Gasteiger partial charge in [-0.1, -0.05) is 19.1 Å². The van der Waals surface area contributed by atoms with Crippen molar-refractivity contribution in [1.82, 2.24) is 0 Å². The second-order valence-corrected chi connectivity index (χ2v) is 2.36. The highest BCUT2D eigenvalue weighted by Crippen LogP contribution is 2.10. The summed E-state index contributed by atoms with van der Waals surface area (Å²) >= 11 is 0. The summed E-state index contributed by atoms with van der Waals surface area (Å²) in [6.45, 7) is 2.13. The van der Waals surface area contributed by atoms with Crippen LogP contribution in [0.1, 0.15) is 12.5 Å². The molecule has 0 radical (unpaired) electrons. The van der Waals surface area contributed by atoms with Crippen molar-refractivity contribution in [1.29, 1.82) is 0 Å². The molecule has 1 rings (SSSR count). The van der Waals surface area contributed by atoms with Gasteiger partial charge in [0.15, 0.2) is 0 Å². The molecule has 0 spiro atoms. The molecular formula is C9H13NO. The number of nitrogens with one attached hydrogen (secondary N) is 1. The summed E-state index contributed by atoms with van der Waals surface area (Å²) in [6.07, 6.45) is 1.05. The summed E-state index contributed by atoms with van der Waals surface area (Å²) in [7, 11) is 1.61. The van der Waals surface area contributed by atoms with E-state index in [0.29, 0.717) is 0 Å². The number of hydrogen-bond acceptors (Lipinski definition) is 2. The van der Waals surface area contributed by atoms with Gasteiger partial charge in [0.1, 0.15) is 0 Å². The number of benzene rings is 1. The van der Waals surface area contributed by atoms with Crippen LogP contribution in [-0.4, -0.2) is 7.11 Å². The minimum Gasteiger partial charge on any atom is -0.279 e. The van der Waals surface area contributed by atoms with Gasteiger partial charge >= 0.3 is 0 Å². The van der Waals surface area contributed by atoms with Crippen molar-refractivity contribution in [2.45, 2.75) is 13.3 Å². The molecule has 1 aromatic carbocycles. The first kappa shape index (κ1) is 8.08. The fourth-order valence-electron chi connectivity index (χ4n) is 0.973. The number of aryl methyl sites for hydroxylation is 1. The lowest BCUT2D eigenvalue weighted by molar-refractivity contribution is 0.271. The minimum absolute atomic E-state index is 1.01. The maximum atomic E-state index is 4.78. The molecule has 11 heavy (non-hydrogen) atoms. The summed E-state index contributed by atoms with van der Waals surface area (Å²) in [6, 6.07) is 8.16. The molecule has 0 aromatic heterocycles. The van der Waals surface area contributed by atoms with Crippen molar-refractivity contribution in [3.8, 4) is 0 Å². The van der Waals surface area contributed by atoms with Crippen LogP contribution in [0.25, 0.3) is 0 Å². The molecule has 0 fully saturated rings. The second kappa shape index (κ2) is 3.98. The molecule has 0 aliphatic carbocycles. The van der Waals surface area contributed by atoms with Gasteiger partial charge in [-0.15, -0.1) is 0 Å². The van der Waals surface area contributed by atoms with E-state index in [1.807, 2.05) is 12.1 Å². The highest BCUT2D eigenvalue weighted by Gasteiger charge is 1.91. The molecule has 0 aliphatic heterocycles. The third-order valence-corrected chi connectivity index (χ3v) is 1.56. The molecule has 0 aliphatic rings. The number of rotatable bonds is 3. The average Bonchev–Trinajstić information content (AvgIpc) is 2.06. The van der Waals surface area contributed by atoms with Gasteiger partial charge in [0.2, 0.25) is 0 Å². The van der Waals surface area contributed by atoms with E-state index in [1.165, 1.54) is 5.56 Å². The van der Waals surface area contributed by atoms with Crippen molar-refractivity contribution in [3.05, 3.63) is 29.8 Å². The summed E-state index contributed by atoms with van der Waals surface area (Å²) in [5, 5.41) is 0. The van der Waals surface area contributed by atoms with Crippen LogP contribution in [0.5, 0.6) is 0 Å². The Hall–Kier alpha value is -1.02. The molecule has 0 heterocycles. The van der Waals surface area contributed by atoms with Gasteiger partial charge in [-0.25, -0.2) is 0 Å². The Morgan fingerprint density at radius 3 is 2.91 bits per heavy atom. The van der Waals surface area contributed by atoms with Gasteiger partial charge in [0.25, 0.3) is 0 Å². The van der Waals surface area contributed by atoms with Crippen LogP contribution in [0.2, 0.25) is 0 Å². The molecular weight excluding hydrogens is 138 g/mol. The molecule has 0 amide bonds. The summed E-state index contributed by atoms with van der Waals surface area (Å²) in [4.78, 5) is 4.78. The number of hydrogen-bond donors (Lipinski definition) is 1. The minimum atomic E-state index is 1.01. The zero-order valence-electron chi connectivity index (χ0n) is 6.92. The summed E-state index contributed by atoms with van der Waals surface area (Å²) in [5.41, 5.74) is 5.10. The topological polar surface area (TPSA) is 21.3 Å². The second-order valence-electron chi connectivity index (χ2n) is 2.36. The molecule has 1 N–H and O–H groups in total. The first-order valence-electron chi connectivity index (χ1n) is 3.74. The maximum Gasteiger partial charge on any atom is 0.0636 e. The van der Waals surface area contributed by atoms with Crippen molar-refractivity contribution in [2.75, 3.05) is 12.6 Å². The smallest absolute Gasteiger partial charge is 0.0636 e. The molecule has 0 unspecified atom stereocenters. The Bertz CT molecular complexity index is 223. The van der Waals surface area contributed by atoms with Crippen molar-refractivity contribution >= 4 is 5.69 Å². The van der Waals surface area contributed by atoms with Crippen LogP contribution in [-0.2, 0) is 11.3 Å². The van der Waals surface area contributed by atoms with Gasteiger partial charge in [-0.3, -0.25) is 10.3 Å². The van der Waals surface area contributed by atoms with E-state index in [4.69, 9.17) is 4.84 Å². The molecule has 2 heteroatoms. The lowest BCUT2D eigenvalue weighted by Gasteiger charge is -2.03. The zero-order valence-corrected chi connectivity index (χ0v) is 6.92. The third-order valence-electron chi connectivity index (χ3n) is 1.56. The van der Waals surface area contributed by atoms with Crippen molar-refractivity contribution in [3.63, 3.8) is 0 Å². The van der Waals surface area contributed by atoms with Gasteiger partial charge in [0.05, 0.1) is 12.8 Å². The van der Waals surface area contributed by atoms with Gasteiger partial charge in [-0.05, 0) is 24.1 Å². The molecule has 0 saturated heterocycles. The first-order valence-corrected chi connectivity index (χ1v) is 3.74. The van der Waals surface area contributed by atoms with E-state index >= 15 is 0 Å². The fraction of sp³-hybridized carbons (Fsp3) is 0.333. The lowest BCUT2D eigenvalue weighted by Crippen LogP contribution is -1.95. The summed E-state index contributed by atoms with van der Waals surface area (Å²) < 4.78 is 0. The Balaban J connectivity index is 2.74. The fourth-order valence-corrected chi connectivity index (χ4v) is 0.973. The predicted octanol–water partition coefficient (Wildman–Crippen LogP) is 2.22. The third kappa shape index (κ3) is 2.24. The van der Waals surface area contributed by atoms with Gasteiger partial charge in [-0.2, -0.15) is 0 Å². The standard InChI is InChI=1S/C9H13NO/c1-3-8-5-4-6-9(7-8)10-11-2/h4-7,10H,3H2,1-2H3. The van der Waals surface area contributed by atoms with Crippen LogP contribution in [0.15, 0.2) is 24.3 Å².